The standard InChI is InChI=1S/C23H21N3O3S/c1-26-12-11-17-18(13-26)30-22-19(17)21(27)24-20(25-22)14-7-9-16(10-8-14)29-23(28)15-5-3-2-4-6-15/h2-10,20,25H,11-13H2,1H3,(H,24,27)/p+1/t20-/m0/s1. The highest BCUT2D eigenvalue weighted by atomic mass is 32.1. The molecule has 1 amide bonds. The molecule has 6 nitrogen and oxygen atoms in total. The Kier molecular flexibility index (Phi) is 4.77. The number of carbonyl (C=O) groups excluding carboxylic acids is 2. The zero-order valence-electron chi connectivity index (χ0n) is 16.5. The van der Waals surface area contributed by atoms with Gasteiger partial charge in [-0.2, -0.15) is 0 Å². The van der Waals surface area contributed by atoms with Gasteiger partial charge in [-0.25, -0.2) is 4.79 Å². The first-order chi connectivity index (χ1) is 14.6. The fourth-order valence-electron chi connectivity index (χ4n) is 3.97. The zero-order chi connectivity index (χ0) is 20.7. The van der Waals surface area contributed by atoms with E-state index in [9.17, 15) is 9.59 Å². The van der Waals surface area contributed by atoms with Crippen molar-refractivity contribution in [2.75, 3.05) is 18.9 Å². The van der Waals surface area contributed by atoms with Crippen LogP contribution in [0.4, 0.5) is 5.00 Å². The monoisotopic (exact) mass is 420 g/mol. The number of anilines is 1. The average Bonchev–Trinajstić information content (AvgIpc) is 3.12. The van der Waals surface area contributed by atoms with E-state index in [2.05, 4.69) is 17.7 Å². The van der Waals surface area contributed by atoms with E-state index in [1.165, 1.54) is 15.3 Å². The second-order valence-corrected chi connectivity index (χ2v) is 8.82. The molecule has 0 radical (unpaired) electrons. The summed E-state index contributed by atoms with van der Waals surface area (Å²) >= 11 is 1.69. The number of amides is 1. The molecule has 2 aliphatic rings. The van der Waals surface area contributed by atoms with Gasteiger partial charge in [-0.05, 0) is 35.4 Å². The van der Waals surface area contributed by atoms with Crippen LogP contribution < -0.4 is 20.3 Å². The van der Waals surface area contributed by atoms with Crippen LogP contribution in [0.2, 0.25) is 0 Å². The molecule has 5 rings (SSSR count). The fourth-order valence-corrected chi connectivity index (χ4v) is 5.35. The molecule has 30 heavy (non-hydrogen) atoms. The molecule has 0 aliphatic carbocycles. The fraction of sp³-hybridized carbons (Fsp3) is 0.217. The second kappa shape index (κ2) is 7.59. The second-order valence-electron chi connectivity index (χ2n) is 7.72. The number of fused-ring (bicyclic) bond motifs is 3. The zero-order valence-corrected chi connectivity index (χ0v) is 17.3. The predicted molar refractivity (Wildman–Crippen MR) is 115 cm³/mol. The molecule has 3 N–H and O–H groups in total. The van der Waals surface area contributed by atoms with Crippen molar-refractivity contribution < 1.29 is 19.2 Å². The molecule has 3 heterocycles. The highest BCUT2D eigenvalue weighted by Gasteiger charge is 2.33. The van der Waals surface area contributed by atoms with Crippen molar-refractivity contribution in [1.29, 1.82) is 0 Å². The van der Waals surface area contributed by atoms with Gasteiger partial charge in [0.15, 0.2) is 0 Å². The van der Waals surface area contributed by atoms with Crippen LogP contribution in [0.3, 0.4) is 0 Å². The van der Waals surface area contributed by atoms with Crippen molar-refractivity contribution in [3.63, 3.8) is 0 Å². The first-order valence-corrected chi connectivity index (χ1v) is 10.8. The maximum absolute atomic E-state index is 12.8. The van der Waals surface area contributed by atoms with Crippen LogP contribution in [0.25, 0.3) is 0 Å². The molecule has 2 aliphatic heterocycles. The van der Waals surface area contributed by atoms with Crippen LogP contribution in [0.5, 0.6) is 5.75 Å². The third-order valence-electron chi connectivity index (χ3n) is 5.57. The Morgan fingerprint density at radius 2 is 1.87 bits per heavy atom. The van der Waals surface area contributed by atoms with Gasteiger partial charge < -0.3 is 20.3 Å². The van der Waals surface area contributed by atoms with Crippen LogP contribution in [0.1, 0.15) is 42.9 Å². The average molecular weight is 421 g/mol. The number of ether oxygens (including phenoxy) is 1. The summed E-state index contributed by atoms with van der Waals surface area (Å²) < 4.78 is 5.44. The quantitative estimate of drug-likeness (QED) is 0.450. The van der Waals surface area contributed by atoms with E-state index < -0.39 is 5.97 Å². The summed E-state index contributed by atoms with van der Waals surface area (Å²) in [5.74, 6) is 0.0479. The number of hydrogen-bond donors (Lipinski definition) is 3. The number of hydrogen-bond acceptors (Lipinski definition) is 5. The molecule has 3 aromatic rings. The Morgan fingerprint density at radius 3 is 2.63 bits per heavy atom. The molecule has 152 valence electrons. The first-order valence-electron chi connectivity index (χ1n) is 9.99. The number of benzene rings is 2. The lowest BCUT2D eigenvalue weighted by Gasteiger charge is -2.27. The molecule has 7 heteroatoms. The smallest absolute Gasteiger partial charge is 0.343 e. The minimum Gasteiger partial charge on any atom is -0.423 e. The van der Waals surface area contributed by atoms with Gasteiger partial charge in [0.2, 0.25) is 0 Å². The Balaban J connectivity index is 1.32. The summed E-state index contributed by atoms with van der Waals surface area (Å²) in [6.07, 6.45) is 0.628. The van der Waals surface area contributed by atoms with Crippen LogP contribution in [-0.4, -0.2) is 25.5 Å². The summed E-state index contributed by atoms with van der Waals surface area (Å²) in [4.78, 5) is 27.8. The maximum atomic E-state index is 12.8. The van der Waals surface area contributed by atoms with Crippen molar-refractivity contribution >= 4 is 28.2 Å². The first kappa shape index (κ1) is 18.8. The summed E-state index contributed by atoms with van der Waals surface area (Å²) in [6.45, 7) is 2.02. The molecule has 0 saturated heterocycles. The molecule has 0 spiro atoms. The summed E-state index contributed by atoms with van der Waals surface area (Å²) in [7, 11) is 2.18. The third kappa shape index (κ3) is 3.46. The van der Waals surface area contributed by atoms with Crippen molar-refractivity contribution in [2.45, 2.75) is 19.1 Å². The Bertz CT molecular complexity index is 1110. The van der Waals surface area contributed by atoms with Crippen molar-refractivity contribution in [1.82, 2.24) is 5.32 Å². The van der Waals surface area contributed by atoms with E-state index in [4.69, 9.17) is 4.74 Å². The number of thiophene rings is 1. The molecule has 2 atom stereocenters. The van der Waals surface area contributed by atoms with Crippen LogP contribution in [-0.2, 0) is 13.0 Å². The molecule has 0 fully saturated rings. The van der Waals surface area contributed by atoms with E-state index in [1.807, 2.05) is 18.2 Å². The van der Waals surface area contributed by atoms with Gasteiger partial charge in [0.05, 0.1) is 29.6 Å². The van der Waals surface area contributed by atoms with E-state index in [-0.39, 0.29) is 12.1 Å². The van der Waals surface area contributed by atoms with Crippen LogP contribution in [0, 0.1) is 0 Å². The number of esters is 1. The summed E-state index contributed by atoms with van der Waals surface area (Å²) in [5, 5.41) is 7.48. The highest BCUT2D eigenvalue weighted by Crippen LogP contribution is 2.39. The van der Waals surface area contributed by atoms with Crippen molar-refractivity contribution in [3.8, 4) is 5.75 Å². The number of nitrogens with one attached hydrogen (secondary N) is 3. The largest absolute Gasteiger partial charge is 0.423 e. The Morgan fingerprint density at radius 1 is 1.10 bits per heavy atom. The molecule has 1 unspecified atom stereocenters. The van der Waals surface area contributed by atoms with Gasteiger partial charge in [-0.15, -0.1) is 11.3 Å². The van der Waals surface area contributed by atoms with Gasteiger partial charge in [0, 0.05) is 6.42 Å². The third-order valence-corrected chi connectivity index (χ3v) is 6.73. The SMILES string of the molecule is C[NH+]1CCc2c(sc3c2C(=O)N[C@H](c2ccc(OC(=O)c4ccccc4)cc2)N3)C1. The summed E-state index contributed by atoms with van der Waals surface area (Å²) in [5.41, 5.74) is 3.42. The highest BCUT2D eigenvalue weighted by molar-refractivity contribution is 7.16. The van der Waals surface area contributed by atoms with Gasteiger partial charge >= 0.3 is 5.97 Å². The van der Waals surface area contributed by atoms with Crippen LogP contribution in [0.15, 0.2) is 54.6 Å². The topological polar surface area (TPSA) is 71.9 Å². The van der Waals surface area contributed by atoms with Gasteiger partial charge in [-0.3, -0.25) is 4.79 Å². The van der Waals surface area contributed by atoms with E-state index >= 15 is 0 Å². The Hall–Kier alpha value is -3.16. The minimum atomic E-state index is -0.395. The van der Waals surface area contributed by atoms with Gasteiger partial charge in [0.1, 0.15) is 23.5 Å². The lowest BCUT2D eigenvalue weighted by Crippen LogP contribution is -3.08. The maximum Gasteiger partial charge on any atom is 0.343 e. The predicted octanol–water partition coefficient (Wildman–Crippen LogP) is 2.39. The van der Waals surface area contributed by atoms with Crippen molar-refractivity contribution in [3.05, 3.63) is 81.7 Å². The molecule has 1 aromatic heterocycles. The number of carbonyl (C=O) groups is 2. The number of rotatable bonds is 3. The molecular formula is C23H22N3O3S+. The number of quaternary nitrogens is 1. The normalized spacial score (nSPS) is 19.8. The van der Waals surface area contributed by atoms with Crippen molar-refractivity contribution in [2.24, 2.45) is 0 Å². The molecule has 0 bridgehead atoms. The molecule has 2 aromatic carbocycles. The van der Waals surface area contributed by atoms with Gasteiger partial charge in [-0.1, -0.05) is 30.3 Å². The van der Waals surface area contributed by atoms with E-state index in [1.54, 1.807) is 47.7 Å². The summed E-state index contributed by atoms with van der Waals surface area (Å²) in [6, 6.07) is 16.1. The number of likely N-dealkylation sites (N-methyl/N-ethyl adjacent to an activating group) is 1. The molecular weight excluding hydrogens is 398 g/mol. The van der Waals surface area contributed by atoms with Crippen LogP contribution >= 0.6 is 11.3 Å². The lowest BCUT2D eigenvalue weighted by molar-refractivity contribution is -0.895. The Labute approximate surface area is 178 Å². The van der Waals surface area contributed by atoms with E-state index in [0.717, 1.165) is 35.6 Å². The van der Waals surface area contributed by atoms with Gasteiger partial charge in [0.25, 0.3) is 5.91 Å². The minimum absolute atomic E-state index is 0.0228. The lowest BCUT2D eigenvalue weighted by atomic mass is 10.0. The van der Waals surface area contributed by atoms with E-state index in [0.29, 0.717) is 11.3 Å². The molecule has 0 saturated carbocycles.